The van der Waals surface area contributed by atoms with Gasteiger partial charge in [0.1, 0.15) is 0 Å². The number of hydrogen-bond donors (Lipinski definition) is 2. The first-order chi connectivity index (χ1) is 9.12. The molecule has 1 aromatic rings. The lowest BCUT2D eigenvalue weighted by Gasteiger charge is -2.25. The minimum atomic E-state index is -3.34. The SMILES string of the molecule is NCCCc1ccc(S(=O)(=O)NCC2CCC2)cc1. The van der Waals surface area contributed by atoms with Crippen molar-refractivity contribution in [2.24, 2.45) is 11.7 Å². The third kappa shape index (κ3) is 4.03. The van der Waals surface area contributed by atoms with Crippen LogP contribution in [0.25, 0.3) is 0 Å². The third-order valence-electron chi connectivity index (χ3n) is 3.69. The van der Waals surface area contributed by atoms with Crippen LogP contribution in [0.5, 0.6) is 0 Å². The number of benzene rings is 1. The van der Waals surface area contributed by atoms with E-state index in [2.05, 4.69) is 4.72 Å². The molecule has 1 aliphatic rings. The lowest BCUT2D eigenvalue weighted by atomic mass is 9.86. The van der Waals surface area contributed by atoms with E-state index in [0.29, 0.717) is 23.9 Å². The normalized spacial score (nSPS) is 16.3. The smallest absolute Gasteiger partial charge is 0.240 e. The van der Waals surface area contributed by atoms with Crippen LogP contribution in [0.4, 0.5) is 0 Å². The van der Waals surface area contributed by atoms with E-state index in [1.165, 1.54) is 6.42 Å². The Morgan fingerprint density at radius 2 is 1.89 bits per heavy atom. The van der Waals surface area contributed by atoms with E-state index in [-0.39, 0.29) is 0 Å². The van der Waals surface area contributed by atoms with Crippen LogP contribution < -0.4 is 10.5 Å². The third-order valence-corrected chi connectivity index (χ3v) is 5.13. The lowest BCUT2D eigenvalue weighted by Crippen LogP contribution is -2.32. The van der Waals surface area contributed by atoms with Gasteiger partial charge in [-0.3, -0.25) is 0 Å². The number of sulfonamides is 1. The minimum Gasteiger partial charge on any atom is -0.330 e. The molecule has 0 atom stereocenters. The van der Waals surface area contributed by atoms with Crippen LogP contribution >= 0.6 is 0 Å². The summed E-state index contributed by atoms with van der Waals surface area (Å²) in [4.78, 5) is 0.350. The molecule has 0 bridgehead atoms. The molecule has 4 nitrogen and oxygen atoms in total. The second-order valence-electron chi connectivity index (χ2n) is 5.19. The van der Waals surface area contributed by atoms with Crippen molar-refractivity contribution in [1.29, 1.82) is 0 Å². The quantitative estimate of drug-likeness (QED) is 0.799. The van der Waals surface area contributed by atoms with Gasteiger partial charge >= 0.3 is 0 Å². The van der Waals surface area contributed by atoms with Crippen LogP contribution in [0.2, 0.25) is 0 Å². The highest BCUT2D eigenvalue weighted by Gasteiger charge is 2.21. The topological polar surface area (TPSA) is 72.2 Å². The Morgan fingerprint density at radius 1 is 1.21 bits per heavy atom. The second kappa shape index (κ2) is 6.50. The van der Waals surface area contributed by atoms with Crippen LogP contribution in [0, 0.1) is 5.92 Å². The van der Waals surface area contributed by atoms with Crippen molar-refractivity contribution < 1.29 is 8.42 Å². The molecule has 1 fully saturated rings. The van der Waals surface area contributed by atoms with Gasteiger partial charge in [-0.15, -0.1) is 0 Å². The van der Waals surface area contributed by atoms with Crippen LogP contribution in [0.15, 0.2) is 29.2 Å². The van der Waals surface area contributed by atoms with Gasteiger partial charge in [-0.05, 0) is 55.8 Å². The fourth-order valence-electron chi connectivity index (χ4n) is 2.15. The van der Waals surface area contributed by atoms with Gasteiger partial charge in [-0.25, -0.2) is 13.1 Å². The summed E-state index contributed by atoms with van der Waals surface area (Å²) in [6.45, 7) is 1.22. The Labute approximate surface area is 115 Å². The molecule has 19 heavy (non-hydrogen) atoms. The summed E-state index contributed by atoms with van der Waals surface area (Å²) in [5, 5.41) is 0. The summed E-state index contributed by atoms with van der Waals surface area (Å²) < 4.78 is 26.8. The second-order valence-corrected chi connectivity index (χ2v) is 6.95. The van der Waals surface area contributed by atoms with Crippen molar-refractivity contribution in [2.45, 2.75) is 37.0 Å². The molecule has 0 saturated heterocycles. The molecular formula is C14H22N2O2S. The average molecular weight is 282 g/mol. The van der Waals surface area contributed by atoms with Crippen LogP contribution in [0.3, 0.4) is 0 Å². The van der Waals surface area contributed by atoms with E-state index in [4.69, 9.17) is 5.73 Å². The van der Waals surface area contributed by atoms with Gasteiger partial charge in [-0.2, -0.15) is 0 Å². The highest BCUT2D eigenvalue weighted by molar-refractivity contribution is 7.89. The van der Waals surface area contributed by atoms with Crippen molar-refractivity contribution in [1.82, 2.24) is 4.72 Å². The lowest BCUT2D eigenvalue weighted by molar-refractivity contribution is 0.316. The van der Waals surface area contributed by atoms with E-state index in [1.807, 2.05) is 12.1 Å². The maximum atomic E-state index is 12.1. The van der Waals surface area contributed by atoms with Crippen molar-refractivity contribution in [3.05, 3.63) is 29.8 Å². The average Bonchev–Trinajstić information content (AvgIpc) is 2.35. The Kier molecular flexibility index (Phi) is 4.96. The molecule has 1 aromatic carbocycles. The zero-order chi connectivity index (χ0) is 13.7. The summed E-state index contributed by atoms with van der Waals surface area (Å²) in [6.07, 6.45) is 5.32. The maximum Gasteiger partial charge on any atom is 0.240 e. The van der Waals surface area contributed by atoms with Gasteiger partial charge in [0, 0.05) is 6.54 Å². The first-order valence-corrected chi connectivity index (χ1v) is 8.39. The van der Waals surface area contributed by atoms with Gasteiger partial charge in [-0.1, -0.05) is 18.6 Å². The van der Waals surface area contributed by atoms with E-state index in [0.717, 1.165) is 31.2 Å². The Hall–Kier alpha value is -0.910. The van der Waals surface area contributed by atoms with E-state index in [1.54, 1.807) is 12.1 Å². The number of rotatable bonds is 7. The molecule has 1 aliphatic carbocycles. The fourth-order valence-corrected chi connectivity index (χ4v) is 3.27. The van der Waals surface area contributed by atoms with Crippen molar-refractivity contribution in [2.75, 3.05) is 13.1 Å². The molecule has 0 aliphatic heterocycles. The molecule has 0 radical (unpaired) electrons. The molecule has 2 rings (SSSR count). The van der Waals surface area contributed by atoms with Crippen molar-refractivity contribution >= 4 is 10.0 Å². The van der Waals surface area contributed by atoms with Crippen LogP contribution in [-0.4, -0.2) is 21.5 Å². The molecule has 0 aromatic heterocycles. The zero-order valence-electron chi connectivity index (χ0n) is 11.1. The van der Waals surface area contributed by atoms with Gasteiger partial charge in [0.15, 0.2) is 0 Å². The number of hydrogen-bond acceptors (Lipinski definition) is 3. The standard InChI is InChI=1S/C14H22N2O2S/c15-10-2-5-12-6-8-14(9-7-12)19(17,18)16-11-13-3-1-4-13/h6-9,13,16H,1-5,10-11,15H2. The number of nitrogens with one attached hydrogen (secondary N) is 1. The summed E-state index contributed by atoms with van der Waals surface area (Å²) in [5.41, 5.74) is 6.58. The molecule has 0 amide bonds. The predicted molar refractivity (Wildman–Crippen MR) is 76.3 cm³/mol. The Morgan fingerprint density at radius 3 is 2.42 bits per heavy atom. The summed E-state index contributed by atoms with van der Waals surface area (Å²) in [5.74, 6) is 0.526. The van der Waals surface area contributed by atoms with Gasteiger partial charge in [0.25, 0.3) is 0 Å². The first kappa shape index (κ1) is 14.5. The van der Waals surface area contributed by atoms with Gasteiger partial charge in [0.05, 0.1) is 4.90 Å². The molecular weight excluding hydrogens is 260 g/mol. The number of aryl methyl sites for hydroxylation is 1. The van der Waals surface area contributed by atoms with Crippen molar-refractivity contribution in [3.63, 3.8) is 0 Å². The summed E-state index contributed by atoms with van der Waals surface area (Å²) in [6, 6.07) is 7.09. The van der Waals surface area contributed by atoms with Crippen LogP contribution in [-0.2, 0) is 16.4 Å². The largest absolute Gasteiger partial charge is 0.330 e. The van der Waals surface area contributed by atoms with Crippen molar-refractivity contribution in [3.8, 4) is 0 Å². The predicted octanol–water partition coefficient (Wildman–Crippen LogP) is 1.66. The minimum absolute atomic E-state index is 0.350. The first-order valence-electron chi connectivity index (χ1n) is 6.90. The molecule has 3 N–H and O–H groups in total. The van der Waals surface area contributed by atoms with Crippen LogP contribution in [0.1, 0.15) is 31.2 Å². The molecule has 0 spiro atoms. The molecule has 5 heteroatoms. The maximum absolute atomic E-state index is 12.1. The summed E-state index contributed by atoms with van der Waals surface area (Å²) in [7, 11) is -3.34. The highest BCUT2D eigenvalue weighted by Crippen LogP contribution is 2.25. The van der Waals surface area contributed by atoms with Gasteiger partial charge in [0.2, 0.25) is 10.0 Å². The monoisotopic (exact) mass is 282 g/mol. The Bertz CT molecular complexity index is 493. The number of nitrogens with two attached hydrogens (primary N) is 1. The van der Waals surface area contributed by atoms with E-state index < -0.39 is 10.0 Å². The molecule has 0 unspecified atom stereocenters. The summed E-state index contributed by atoms with van der Waals surface area (Å²) >= 11 is 0. The zero-order valence-corrected chi connectivity index (χ0v) is 12.0. The molecule has 1 saturated carbocycles. The Balaban J connectivity index is 1.94. The van der Waals surface area contributed by atoms with E-state index >= 15 is 0 Å². The van der Waals surface area contributed by atoms with Gasteiger partial charge < -0.3 is 5.73 Å². The highest BCUT2D eigenvalue weighted by atomic mass is 32.2. The fraction of sp³-hybridized carbons (Fsp3) is 0.571. The molecule has 0 heterocycles. The van der Waals surface area contributed by atoms with E-state index in [9.17, 15) is 8.42 Å². The molecule has 106 valence electrons.